The lowest BCUT2D eigenvalue weighted by atomic mass is 10.0. The van der Waals surface area contributed by atoms with Crippen LogP contribution in [0.15, 0.2) is 24.3 Å². The molecular formula is C22H24ClFN4O3. The number of nitrogens with zero attached hydrogens (tertiary/aromatic N) is 4. The molecule has 0 spiro atoms. The molecule has 1 amide bonds. The van der Waals surface area contributed by atoms with Crippen LogP contribution in [-0.2, 0) is 23.1 Å². The Morgan fingerprint density at radius 3 is 2.68 bits per heavy atom. The quantitative estimate of drug-likeness (QED) is 0.535. The normalized spacial score (nSPS) is 11.2. The first-order valence-corrected chi connectivity index (χ1v) is 10.2. The molecule has 0 radical (unpaired) electrons. The fourth-order valence-corrected chi connectivity index (χ4v) is 3.47. The van der Waals surface area contributed by atoms with Crippen molar-refractivity contribution < 1.29 is 18.7 Å². The van der Waals surface area contributed by atoms with Gasteiger partial charge in [0.2, 0.25) is 0 Å². The van der Waals surface area contributed by atoms with Crippen molar-refractivity contribution in [3.63, 3.8) is 0 Å². The van der Waals surface area contributed by atoms with E-state index >= 15 is 0 Å². The molecule has 0 unspecified atom stereocenters. The second kappa shape index (κ2) is 9.01. The maximum Gasteiger partial charge on any atom is 0.339 e. The Morgan fingerprint density at radius 2 is 2.03 bits per heavy atom. The highest BCUT2D eigenvalue weighted by atomic mass is 35.5. The number of rotatable bonds is 6. The van der Waals surface area contributed by atoms with Gasteiger partial charge in [-0.25, -0.2) is 14.2 Å². The Morgan fingerprint density at radius 1 is 1.32 bits per heavy atom. The monoisotopic (exact) mass is 446 g/mol. The molecule has 0 saturated carbocycles. The molecule has 31 heavy (non-hydrogen) atoms. The van der Waals surface area contributed by atoms with Crippen molar-refractivity contribution in [3.8, 4) is 0 Å². The van der Waals surface area contributed by atoms with Crippen molar-refractivity contribution in [1.82, 2.24) is 19.7 Å². The summed E-state index contributed by atoms with van der Waals surface area (Å²) in [4.78, 5) is 31.2. The fraction of sp³-hybridized carbons (Fsp3) is 0.364. The zero-order chi connectivity index (χ0) is 22.9. The van der Waals surface area contributed by atoms with Crippen LogP contribution in [0, 0.1) is 12.7 Å². The standard InChI is InChI=1S/C22H24ClFN4O3/c1-12(2)18-9-14(20-13(3)26-28(5)21(20)25-18)22(30)31-11-19(29)27(4)10-15-16(23)7-6-8-17(15)24/h6-9,12H,10-11H2,1-5H3. The van der Waals surface area contributed by atoms with Gasteiger partial charge in [-0.1, -0.05) is 31.5 Å². The first kappa shape index (κ1) is 22.7. The number of carbonyl (C=O) groups excluding carboxylic acids is 2. The highest BCUT2D eigenvalue weighted by molar-refractivity contribution is 6.31. The zero-order valence-electron chi connectivity index (χ0n) is 18.1. The number of halogens is 2. The van der Waals surface area contributed by atoms with E-state index < -0.39 is 24.3 Å². The molecular weight excluding hydrogens is 423 g/mol. The van der Waals surface area contributed by atoms with Gasteiger partial charge in [0.15, 0.2) is 12.3 Å². The maximum absolute atomic E-state index is 14.0. The van der Waals surface area contributed by atoms with E-state index in [2.05, 4.69) is 10.1 Å². The van der Waals surface area contributed by atoms with Gasteiger partial charge in [0.05, 0.1) is 16.6 Å². The van der Waals surface area contributed by atoms with Gasteiger partial charge in [-0.15, -0.1) is 0 Å². The van der Waals surface area contributed by atoms with Gasteiger partial charge in [-0.05, 0) is 31.0 Å². The number of esters is 1. The molecule has 164 valence electrons. The number of amides is 1. The second-order valence-electron chi connectivity index (χ2n) is 7.68. The van der Waals surface area contributed by atoms with Gasteiger partial charge in [-0.3, -0.25) is 9.48 Å². The van der Waals surface area contributed by atoms with E-state index in [9.17, 15) is 14.0 Å². The number of pyridine rings is 1. The number of ether oxygens (including phenoxy) is 1. The smallest absolute Gasteiger partial charge is 0.339 e. The van der Waals surface area contributed by atoms with Crippen LogP contribution in [0.2, 0.25) is 5.02 Å². The summed E-state index contributed by atoms with van der Waals surface area (Å²) in [6, 6.07) is 6.00. The van der Waals surface area contributed by atoms with Gasteiger partial charge < -0.3 is 9.64 Å². The number of aromatic nitrogens is 3. The number of fused-ring (bicyclic) bond motifs is 1. The van der Waals surface area contributed by atoms with Gasteiger partial charge in [-0.2, -0.15) is 5.10 Å². The van der Waals surface area contributed by atoms with Crippen molar-refractivity contribution in [2.45, 2.75) is 33.2 Å². The predicted octanol–water partition coefficient (Wildman–Crippen LogP) is 4.01. The topological polar surface area (TPSA) is 77.3 Å². The predicted molar refractivity (Wildman–Crippen MR) is 116 cm³/mol. The van der Waals surface area contributed by atoms with Gasteiger partial charge >= 0.3 is 5.97 Å². The molecule has 0 aliphatic carbocycles. The summed E-state index contributed by atoms with van der Waals surface area (Å²) in [5.74, 6) is -1.54. The van der Waals surface area contributed by atoms with E-state index in [1.807, 2.05) is 13.8 Å². The Kier molecular flexibility index (Phi) is 6.59. The lowest BCUT2D eigenvalue weighted by molar-refractivity contribution is -0.133. The minimum atomic E-state index is -0.643. The third-order valence-electron chi connectivity index (χ3n) is 5.01. The summed E-state index contributed by atoms with van der Waals surface area (Å²) >= 11 is 6.02. The number of hydrogen-bond acceptors (Lipinski definition) is 5. The van der Waals surface area contributed by atoms with E-state index in [1.54, 1.807) is 30.8 Å². The van der Waals surface area contributed by atoms with Crippen molar-refractivity contribution in [1.29, 1.82) is 0 Å². The van der Waals surface area contributed by atoms with E-state index in [4.69, 9.17) is 16.3 Å². The van der Waals surface area contributed by atoms with Crippen LogP contribution in [0.1, 0.15) is 47.1 Å². The maximum atomic E-state index is 14.0. The number of carbonyl (C=O) groups is 2. The molecule has 2 aromatic heterocycles. The average Bonchev–Trinajstić information content (AvgIpc) is 3.01. The minimum Gasteiger partial charge on any atom is -0.452 e. The highest BCUT2D eigenvalue weighted by Gasteiger charge is 2.22. The highest BCUT2D eigenvalue weighted by Crippen LogP contribution is 2.25. The van der Waals surface area contributed by atoms with Crippen LogP contribution in [0.5, 0.6) is 0 Å². The SMILES string of the molecule is Cc1nn(C)c2nc(C(C)C)cc(C(=O)OCC(=O)N(C)Cc3c(F)cccc3Cl)c12. The number of aryl methyl sites for hydroxylation is 2. The molecule has 0 atom stereocenters. The molecule has 0 saturated heterocycles. The Labute approximate surface area is 184 Å². The molecule has 7 nitrogen and oxygen atoms in total. The second-order valence-corrected chi connectivity index (χ2v) is 8.09. The first-order valence-electron chi connectivity index (χ1n) is 9.78. The van der Waals surface area contributed by atoms with Crippen LogP contribution in [0.3, 0.4) is 0 Å². The lowest BCUT2D eigenvalue weighted by Gasteiger charge is -2.18. The molecule has 0 bridgehead atoms. The Balaban J connectivity index is 1.77. The number of likely N-dealkylation sites (N-methyl/N-ethyl adjacent to an activating group) is 1. The van der Waals surface area contributed by atoms with E-state index in [0.717, 1.165) is 5.69 Å². The Hall–Kier alpha value is -3.00. The molecule has 1 aromatic carbocycles. The fourth-order valence-electron chi connectivity index (χ4n) is 3.24. The number of benzene rings is 1. The summed E-state index contributed by atoms with van der Waals surface area (Å²) in [6.45, 7) is 5.20. The summed E-state index contributed by atoms with van der Waals surface area (Å²) in [7, 11) is 3.25. The van der Waals surface area contributed by atoms with Crippen molar-refractivity contribution in [2.75, 3.05) is 13.7 Å². The summed E-state index contributed by atoms with van der Waals surface area (Å²) in [5.41, 5.74) is 2.46. The van der Waals surface area contributed by atoms with Crippen LogP contribution >= 0.6 is 11.6 Å². The molecule has 0 N–H and O–H groups in total. The Bertz CT molecular complexity index is 1140. The minimum absolute atomic E-state index is 0.0411. The third kappa shape index (κ3) is 4.69. The van der Waals surface area contributed by atoms with Gasteiger partial charge in [0.1, 0.15) is 5.82 Å². The first-order chi connectivity index (χ1) is 14.6. The average molecular weight is 447 g/mol. The van der Waals surface area contributed by atoms with Crippen molar-refractivity contribution in [3.05, 3.63) is 57.6 Å². The largest absolute Gasteiger partial charge is 0.452 e. The van der Waals surface area contributed by atoms with Crippen molar-refractivity contribution in [2.24, 2.45) is 7.05 Å². The van der Waals surface area contributed by atoms with E-state index in [0.29, 0.717) is 22.3 Å². The molecule has 3 rings (SSSR count). The molecule has 0 aliphatic rings. The van der Waals surface area contributed by atoms with Crippen LogP contribution < -0.4 is 0 Å². The molecule has 2 heterocycles. The van der Waals surface area contributed by atoms with Crippen LogP contribution in [0.25, 0.3) is 11.0 Å². The zero-order valence-corrected chi connectivity index (χ0v) is 18.8. The summed E-state index contributed by atoms with van der Waals surface area (Å²) in [6.07, 6.45) is 0. The van der Waals surface area contributed by atoms with Gasteiger partial charge in [0.25, 0.3) is 5.91 Å². The number of hydrogen-bond donors (Lipinski definition) is 0. The van der Waals surface area contributed by atoms with Crippen molar-refractivity contribution >= 4 is 34.5 Å². The molecule has 9 heteroatoms. The molecule has 3 aromatic rings. The summed E-state index contributed by atoms with van der Waals surface area (Å²) < 4.78 is 20.9. The molecule has 0 fully saturated rings. The summed E-state index contributed by atoms with van der Waals surface area (Å²) in [5, 5.41) is 5.16. The molecule has 0 aliphatic heterocycles. The van der Waals surface area contributed by atoms with Crippen LogP contribution in [-0.4, -0.2) is 45.2 Å². The third-order valence-corrected chi connectivity index (χ3v) is 5.36. The van der Waals surface area contributed by atoms with Crippen LogP contribution in [0.4, 0.5) is 4.39 Å². The lowest BCUT2D eigenvalue weighted by Crippen LogP contribution is -2.31. The van der Waals surface area contributed by atoms with E-state index in [-0.39, 0.29) is 23.0 Å². The van der Waals surface area contributed by atoms with Gasteiger partial charge in [0, 0.05) is 36.9 Å². The van der Waals surface area contributed by atoms with E-state index in [1.165, 1.54) is 24.1 Å².